The third-order valence-corrected chi connectivity index (χ3v) is 5.71. The van der Waals surface area contributed by atoms with Crippen molar-refractivity contribution in [3.63, 3.8) is 0 Å². The van der Waals surface area contributed by atoms with Gasteiger partial charge >= 0.3 is 0 Å². The van der Waals surface area contributed by atoms with E-state index in [0.717, 1.165) is 43.8 Å². The third kappa shape index (κ3) is 3.56. The molecular weight excluding hydrogens is 346 g/mol. The van der Waals surface area contributed by atoms with Crippen LogP contribution in [0.4, 0.5) is 0 Å². The average Bonchev–Trinajstić information content (AvgIpc) is 2.98. The number of likely N-dealkylation sites (tertiary alicyclic amines) is 1. The molecule has 4 rings (SSSR count). The van der Waals surface area contributed by atoms with Crippen molar-refractivity contribution in [2.24, 2.45) is 0 Å². The van der Waals surface area contributed by atoms with Gasteiger partial charge in [-0.3, -0.25) is 24.6 Å². The zero-order chi connectivity index (χ0) is 19.0. The van der Waals surface area contributed by atoms with E-state index in [4.69, 9.17) is 4.74 Å². The van der Waals surface area contributed by atoms with Crippen LogP contribution < -0.4 is 10.1 Å². The molecule has 2 saturated heterocycles. The summed E-state index contributed by atoms with van der Waals surface area (Å²) in [5.41, 5.74) is 1.50. The Labute approximate surface area is 158 Å². The second kappa shape index (κ2) is 7.31. The highest BCUT2D eigenvalue weighted by atomic mass is 16.5. The zero-order valence-electron chi connectivity index (χ0n) is 15.6. The number of fused-ring (bicyclic) bond motifs is 1. The van der Waals surface area contributed by atoms with Crippen LogP contribution in [-0.4, -0.2) is 59.3 Å². The molecule has 27 heavy (non-hydrogen) atoms. The van der Waals surface area contributed by atoms with Gasteiger partial charge in [0.15, 0.2) is 0 Å². The first-order valence-corrected chi connectivity index (χ1v) is 9.71. The van der Waals surface area contributed by atoms with Crippen molar-refractivity contribution < 1.29 is 19.1 Å². The van der Waals surface area contributed by atoms with Crippen LogP contribution in [0.15, 0.2) is 18.2 Å². The third-order valence-electron chi connectivity index (χ3n) is 5.71. The average molecular weight is 371 g/mol. The summed E-state index contributed by atoms with van der Waals surface area (Å²) in [6.07, 6.45) is 2.98. The highest BCUT2D eigenvalue weighted by Crippen LogP contribution is 2.31. The monoisotopic (exact) mass is 371 g/mol. The Hall–Kier alpha value is -2.41. The van der Waals surface area contributed by atoms with Crippen LogP contribution in [-0.2, 0) is 16.1 Å². The smallest absolute Gasteiger partial charge is 0.255 e. The van der Waals surface area contributed by atoms with E-state index < -0.39 is 6.04 Å². The maximum Gasteiger partial charge on any atom is 0.255 e. The van der Waals surface area contributed by atoms with Gasteiger partial charge in [-0.05, 0) is 56.1 Å². The topological polar surface area (TPSA) is 79.0 Å². The van der Waals surface area contributed by atoms with E-state index in [1.54, 1.807) is 11.0 Å². The van der Waals surface area contributed by atoms with Crippen LogP contribution in [0.3, 0.4) is 0 Å². The summed E-state index contributed by atoms with van der Waals surface area (Å²) in [6, 6.07) is 4.97. The summed E-state index contributed by atoms with van der Waals surface area (Å²) in [7, 11) is 0. The number of nitrogens with zero attached hydrogens (tertiary/aromatic N) is 2. The number of likely N-dealkylation sites (N-methyl/N-ethyl adjacent to an activating group) is 1. The number of hydrogen-bond acceptors (Lipinski definition) is 5. The number of rotatable bonds is 4. The molecule has 0 aromatic heterocycles. The largest absolute Gasteiger partial charge is 0.489 e. The lowest BCUT2D eigenvalue weighted by molar-refractivity contribution is -0.136. The van der Waals surface area contributed by atoms with E-state index in [-0.39, 0.29) is 30.2 Å². The van der Waals surface area contributed by atoms with Gasteiger partial charge in [-0.15, -0.1) is 0 Å². The SMILES string of the molecule is CCN1CCC[C@@H](Oc2ccc3c(c2)CN(C2CCC(=O)NC2=O)C3=O)C1. The minimum atomic E-state index is -0.580. The van der Waals surface area contributed by atoms with E-state index in [2.05, 4.69) is 17.1 Å². The molecule has 0 bridgehead atoms. The summed E-state index contributed by atoms with van der Waals surface area (Å²) in [5, 5.41) is 2.33. The fourth-order valence-corrected chi connectivity index (χ4v) is 4.21. The molecule has 0 saturated carbocycles. The van der Waals surface area contributed by atoms with Crippen LogP contribution in [0.2, 0.25) is 0 Å². The van der Waals surface area contributed by atoms with Crippen LogP contribution in [0, 0.1) is 0 Å². The molecule has 0 aliphatic carbocycles. The molecule has 1 N–H and O–H groups in total. The van der Waals surface area contributed by atoms with Crippen molar-refractivity contribution >= 4 is 17.7 Å². The summed E-state index contributed by atoms with van der Waals surface area (Å²) >= 11 is 0. The number of imide groups is 1. The quantitative estimate of drug-likeness (QED) is 0.808. The van der Waals surface area contributed by atoms with Crippen LogP contribution >= 0.6 is 0 Å². The molecule has 0 spiro atoms. The molecule has 1 unspecified atom stereocenters. The second-order valence-electron chi connectivity index (χ2n) is 7.49. The summed E-state index contributed by atoms with van der Waals surface area (Å²) in [6.45, 7) is 5.61. The predicted molar refractivity (Wildman–Crippen MR) is 98.3 cm³/mol. The first-order chi connectivity index (χ1) is 13.0. The molecule has 3 aliphatic heterocycles. The normalized spacial score (nSPS) is 26.1. The molecule has 1 aromatic rings. The molecule has 144 valence electrons. The van der Waals surface area contributed by atoms with Crippen molar-refractivity contribution in [3.05, 3.63) is 29.3 Å². The molecule has 3 heterocycles. The van der Waals surface area contributed by atoms with Crippen molar-refractivity contribution in [3.8, 4) is 5.75 Å². The fraction of sp³-hybridized carbons (Fsp3) is 0.550. The predicted octanol–water partition coefficient (Wildman–Crippen LogP) is 1.31. The van der Waals surface area contributed by atoms with Gasteiger partial charge in [0.25, 0.3) is 5.91 Å². The van der Waals surface area contributed by atoms with Gasteiger partial charge < -0.3 is 9.64 Å². The number of carbonyl (C=O) groups excluding carboxylic acids is 3. The van der Waals surface area contributed by atoms with Crippen molar-refractivity contribution in [1.82, 2.24) is 15.1 Å². The Morgan fingerprint density at radius 3 is 2.85 bits per heavy atom. The first-order valence-electron chi connectivity index (χ1n) is 9.71. The number of amides is 3. The lowest BCUT2D eigenvalue weighted by atomic mass is 10.0. The Morgan fingerprint density at radius 1 is 1.22 bits per heavy atom. The maximum atomic E-state index is 12.7. The molecule has 7 heteroatoms. The van der Waals surface area contributed by atoms with Gasteiger partial charge in [-0.1, -0.05) is 6.92 Å². The van der Waals surface area contributed by atoms with E-state index in [1.807, 2.05) is 12.1 Å². The maximum absolute atomic E-state index is 12.7. The summed E-state index contributed by atoms with van der Waals surface area (Å²) in [5.74, 6) is -0.0362. The Kier molecular flexibility index (Phi) is 4.86. The Morgan fingerprint density at radius 2 is 2.07 bits per heavy atom. The second-order valence-corrected chi connectivity index (χ2v) is 7.49. The van der Waals surface area contributed by atoms with Gasteiger partial charge in [0.05, 0.1) is 0 Å². The minimum Gasteiger partial charge on any atom is -0.489 e. The van der Waals surface area contributed by atoms with Crippen molar-refractivity contribution in [2.45, 2.75) is 51.3 Å². The van der Waals surface area contributed by atoms with E-state index in [9.17, 15) is 14.4 Å². The molecule has 2 atom stereocenters. The standard InChI is InChI=1S/C20H25N3O4/c1-2-22-9-3-4-15(12-22)27-14-5-6-16-13(10-14)11-23(20(16)26)17-7-8-18(24)21-19(17)25/h5-6,10,15,17H,2-4,7-9,11-12H2,1H3,(H,21,24,25)/t15-,17?/m1/s1. The number of piperidine rings is 2. The molecule has 2 fully saturated rings. The Balaban J connectivity index is 1.46. The van der Waals surface area contributed by atoms with Crippen LogP contribution in [0.25, 0.3) is 0 Å². The number of carbonyl (C=O) groups is 3. The van der Waals surface area contributed by atoms with Gasteiger partial charge in [0.2, 0.25) is 11.8 Å². The zero-order valence-corrected chi connectivity index (χ0v) is 15.6. The van der Waals surface area contributed by atoms with E-state index in [0.29, 0.717) is 18.5 Å². The molecule has 3 amide bonds. The summed E-state index contributed by atoms with van der Waals surface area (Å²) in [4.78, 5) is 40.1. The van der Waals surface area contributed by atoms with Gasteiger partial charge in [0, 0.05) is 25.1 Å². The highest BCUT2D eigenvalue weighted by molar-refractivity contribution is 6.05. The van der Waals surface area contributed by atoms with Crippen molar-refractivity contribution in [2.75, 3.05) is 19.6 Å². The van der Waals surface area contributed by atoms with Crippen LogP contribution in [0.5, 0.6) is 5.75 Å². The highest BCUT2D eigenvalue weighted by Gasteiger charge is 2.39. The molecular formula is C20H25N3O4. The lowest BCUT2D eigenvalue weighted by Crippen LogP contribution is -2.52. The lowest BCUT2D eigenvalue weighted by Gasteiger charge is -2.32. The Bertz CT molecular complexity index is 778. The number of benzene rings is 1. The number of hydrogen-bond donors (Lipinski definition) is 1. The minimum absolute atomic E-state index is 0.152. The van der Waals surface area contributed by atoms with Crippen LogP contribution in [0.1, 0.15) is 48.5 Å². The van der Waals surface area contributed by atoms with E-state index >= 15 is 0 Å². The van der Waals surface area contributed by atoms with Gasteiger partial charge in [-0.2, -0.15) is 0 Å². The number of nitrogens with one attached hydrogen (secondary N) is 1. The fourth-order valence-electron chi connectivity index (χ4n) is 4.21. The summed E-state index contributed by atoms with van der Waals surface area (Å²) < 4.78 is 6.17. The van der Waals surface area contributed by atoms with Crippen molar-refractivity contribution in [1.29, 1.82) is 0 Å². The first kappa shape index (κ1) is 18.0. The van der Waals surface area contributed by atoms with Gasteiger partial charge in [-0.25, -0.2) is 0 Å². The molecule has 0 radical (unpaired) electrons. The number of ether oxygens (including phenoxy) is 1. The van der Waals surface area contributed by atoms with Gasteiger partial charge in [0.1, 0.15) is 17.9 Å². The van der Waals surface area contributed by atoms with E-state index in [1.165, 1.54) is 0 Å². The molecule has 7 nitrogen and oxygen atoms in total. The molecule has 1 aromatic carbocycles. The molecule has 3 aliphatic rings.